The second-order valence-corrected chi connectivity index (χ2v) is 8.97. The number of hydrogen-bond acceptors (Lipinski definition) is 5. The third-order valence-electron chi connectivity index (χ3n) is 4.70. The van der Waals surface area contributed by atoms with Crippen LogP contribution >= 0.6 is 0 Å². The molecule has 0 saturated carbocycles. The van der Waals surface area contributed by atoms with E-state index in [1.54, 1.807) is 0 Å². The lowest BCUT2D eigenvalue weighted by molar-refractivity contribution is -0.121. The number of benzene rings is 2. The molecule has 0 saturated heterocycles. The predicted molar refractivity (Wildman–Crippen MR) is 112 cm³/mol. The molecule has 1 unspecified atom stereocenters. The van der Waals surface area contributed by atoms with E-state index in [4.69, 9.17) is 9.47 Å². The maximum atomic E-state index is 12.8. The molecule has 0 aliphatic heterocycles. The summed E-state index contributed by atoms with van der Waals surface area (Å²) in [6, 6.07) is 10.1. The summed E-state index contributed by atoms with van der Waals surface area (Å²) in [6.07, 6.45) is 0. The zero-order valence-corrected chi connectivity index (χ0v) is 18.5. The van der Waals surface area contributed by atoms with Gasteiger partial charge < -0.3 is 14.8 Å². The second-order valence-electron chi connectivity index (χ2n) is 6.93. The summed E-state index contributed by atoms with van der Waals surface area (Å²) in [5.41, 5.74) is 3.21. The van der Waals surface area contributed by atoms with Gasteiger partial charge in [-0.15, -0.1) is 0 Å². The van der Waals surface area contributed by atoms with E-state index in [1.807, 2.05) is 39.0 Å². The van der Waals surface area contributed by atoms with Crippen molar-refractivity contribution in [1.82, 2.24) is 9.62 Å². The highest BCUT2D eigenvalue weighted by molar-refractivity contribution is 7.89. The number of nitrogens with one attached hydrogen (secondary N) is 1. The third kappa shape index (κ3) is 5.27. The van der Waals surface area contributed by atoms with Crippen LogP contribution in [-0.4, -0.2) is 46.4 Å². The molecule has 2 rings (SSSR count). The van der Waals surface area contributed by atoms with Crippen LogP contribution in [0.1, 0.15) is 29.7 Å². The molecule has 2 aromatic carbocycles. The average Bonchev–Trinajstić information content (AvgIpc) is 2.66. The molecule has 0 heterocycles. The first-order chi connectivity index (χ1) is 13.6. The van der Waals surface area contributed by atoms with Gasteiger partial charge in [0.15, 0.2) is 11.5 Å². The largest absolute Gasteiger partial charge is 0.493 e. The number of likely N-dealkylation sites (N-methyl/N-ethyl adjacent to an activating group) is 1. The zero-order chi connectivity index (χ0) is 21.8. The average molecular weight is 421 g/mol. The quantitative estimate of drug-likeness (QED) is 0.710. The van der Waals surface area contributed by atoms with E-state index in [-0.39, 0.29) is 23.4 Å². The van der Waals surface area contributed by atoms with Crippen LogP contribution in [0.5, 0.6) is 11.5 Å². The van der Waals surface area contributed by atoms with E-state index in [0.717, 1.165) is 21.0 Å². The molecule has 7 nitrogen and oxygen atoms in total. The molecule has 1 amide bonds. The van der Waals surface area contributed by atoms with Crippen LogP contribution in [0.4, 0.5) is 0 Å². The monoisotopic (exact) mass is 420 g/mol. The summed E-state index contributed by atoms with van der Waals surface area (Å²) >= 11 is 0. The topological polar surface area (TPSA) is 84.9 Å². The Bertz CT molecular complexity index is 989. The number of ether oxygens (including phenoxy) is 2. The van der Waals surface area contributed by atoms with E-state index in [0.29, 0.717) is 11.5 Å². The Morgan fingerprint density at radius 2 is 1.72 bits per heavy atom. The van der Waals surface area contributed by atoms with E-state index in [2.05, 4.69) is 5.32 Å². The van der Waals surface area contributed by atoms with Gasteiger partial charge >= 0.3 is 0 Å². The number of nitrogens with zero attached hydrogens (tertiary/aromatic N) is 1. The Morgan fingerprint density at radius 3 is 2.31 bits per heavy atom. The lowest BCUT2D eigenvalue weighted by Gasteiger charge is -2.21. The Balaban J connectivity index is 2.11. The van der Waals surface area contributed by atoms with Gasteiger partial charge in [0.2, 0.25) is 15.9 Å². The van der Waals surface area contributed by atoms with Gasteiger partial charge in [0, 0.05) is 13.1 Å². The van der Waals surface area contributed by atoms with Gasteiger partial charge in [-0.1, -0.05) is 23.8 Å². The van der Waals surface area contributed by atoms with Crippen molar-refractivity contribution in [2.24, 2.45) is 0 Å². The lowest BCUT2D eigenvalue weighted by Crippen LogP contribution is -2.39. The molecular weight excluding hydrogens is 392 g/mol. The first-order valence-corrected chi connectivity index (χ1v) is 10.6. The van der Waals surface area contributed by atoms with Crippen molar-refractivity contribution in [3.63, 3.8) is 0 Å². The highest BCUT2D eigenvalue weighted by atomic mass is 32.2. The summed E-state index contributed by atoms with van der Waals surface area (Å²) in [7, 11) is 0.402. The number of rotatable bonds is 8. The van der Waals surface area contributed by atoms with Crippen molar-refractivity contribution in [1.29, 1.82) is 0 Å². The molecule has 0 fully saturated rings. The molecule has 0 aromatic heterocycles. The standard InChI is InChI=1S/C21H28N2O5S/c1-14-7-9-18(15(2)11-14)16(3)22-21(24)13-23(4)29(25,26)17-8-10-19(27-5)20(12-17)28-6/h7-12,16H,13H2,1-6H3,(H,22,24). The van der Waals surface area contributed by atoms with Crippen LogP contribution in [0, 0.1) is 13.8 Å². The van der Waals surface area contributed by atoms with Crippen molar-refractivity contribution < 1.29 is 22.7 Å². The number of sulfonamides is 1. The zero-order valence-electron chi connectivity index (χ0n) is 17.6. The number of aryl methyl sites for hydroxylation is 2. The molecular formula is C21H28N2O5S. The van der Waals surface area contributed by atoms with Gasteiger partial charge in [-0.2, -0.15) is 4.31 Å². The fourth-order valence-corrected chi connectivity index (χ4v) is 4.26. The molecule has 1 N–H and O–H groups in total. The van der Waals surface area contributed by atoms with Crippen molar-refractivity contribution in [3.05, 3.63) is 53.1 Å². The molecule has 2 aromatic rings. The maximum absolute atomic E-state index is 12.8. The summed E-state index contributed by atoms with van der Waals surface area (Å²) < 4.78 is 37.0. The Labute approximate surface area is 172 Å². The second kappa shape index (κ2) is 9.28. The number of amides is 1. The van der Waals surface area contributed by atoms with Gasteiger partial charge in [0.1, 0.15) is 0 Å². The van der Waals surface area contributed by atoms with Gasteiger partial charge in [-0.3, -0.25) is 4.79 Å². The molecule has 1 atom stereocenters. The highest BCUT2D eigenvalue weighted by Gasteiger charge is 2.25. The summed E-state index contributed by atoms with van der Waals surface area (Å²) in [6.45, 7) is 5.57. The van der Waals surface area contributed by atoms with Gasteiger partial charge in [0.25, 0.3) is 0 Å². The predicted octanol–water partition coefficient (Wildman–Crippen LogP) is 2.82. The fraction of sp³-hybridized carbons (Fsp3) is 0.381. The van der Waals surface area contributed by atoms with Crippen LogP contribution in [0.15, 0.2) is 41.3 Å². The summed E-state index contributed by atoms with van der Waals surface area (Å²) in [5, 5.41) is 2.86. The maximum Gasteiger partial charge on any atom is 0.243 e. The van der Waals surface area contributed by atoms with E-state index >= 15 is 0 Å². The molecule has 0 spiro atoms. The van der Waals surface area contributed by atoms with Gasteiger partial charge in [-0.25, -0.2) is 8.42 Å². The van der Waals surface area contributed by atoms with E-state index < -0.39 is 10.0 Å². The van der Waals surface area contributed by atoms with Crippen LogP contribution < -0.4 is 14.8 Å². The molecule has 0 aliphatic carbocycles. The number of methoxy groups -OCH3 is 2. The van der Waals surface area contributed by atoms with Crippen molar-refractivity contribution in [2.75, 3.05) is 27.8 Å². The van der Waals surface area contributed by atoms with E-state index in [1.165, 1.54) is 39.5 Å². The summed E-state index contributed by atoms with van der Waals surface area (Å²) in [4.78, 5) is 12.5. The molecule has 0 bridgehead atoms. The molecule has 0 radical (unpaired) electrons. The SMILES string of the molecule is COc1ccc(S(=O)(=O)N(C)CC(=O)NC(C)c2ccc(C)cc2C)cc1OC. The normalized spacial score (nSPS) is 12.5. The first-order valence-electron chi connectivity index (χ1n) is 9.15. The van der Waals surface area contributed by atoms with E-state index in [9.17, 15) is 13.2 Å². The molecule has 0 aliphatic rings. The Kier molecular flexibility index (Phi) is 7.26. The third-order valence-corrected chi connectivity index (χ3v) is 6.50. The highest BCUT2D eigenvalue weighted by Crippen LogP contribution is 2.30. The van der Waals surface area contributed by atoms with Crippen molar-refractivity contribution in [2.45, 2.75) is 31.7 Å². The number of carbonyl (C=O) groups excluding carboxylic acids is 1. The molecule has 158 valence electrons. The van der Waals surface area contributed by atoms with Crippen molar-refractivity contribution >= 4 is 15.9 Å². The Morgan fingerprint density at radius 1 is 1.07 bits per heavy atom. The van der Waals surface area contributed by atoms with Crippen LogP contribution in [-0.2, 0) is 14.8 Å². The first kappa shape index (κ1) is 22.7. The van der Waals surface area contributed by atoms with Crippen LogP contribution in [0.2, 0.25) is 0 Å². The minimum atomic E-state index is -3.87. The smallest absolute Gasteiger partial charge is 0.243 e. The molecule has 29 heavy (non-hydrogen) atoms. The van der Waals surface area contributed by atoms with Crippen LogP contribution in [0.25, 0.3) is 0 Å². The molecule has 8 heteroatoms. The van der Waals surface area contributed by atoms with Gasteiger partial charge in [0.05, 0.1) is 31.7 Å². The minimum Gasteiger partial charge on any atom is -0.493 e. The van der Waals surface area contributed by atoms with Crippen molar-refractivity contribution in [3.8, 4) is 11.5 Å². The lowest BCUT2D eigenvalue weighted by atomic mass is 10.0. The summed E-state index contributed by atoms with van der Waals surface area (Å²) in [5.74, 6) is 0.341. The number of hydrogen-bond donors (Lipinski definition) is 1. The Hall–Kier alpha value is -2.58. The minimum absolute atomic E-state index is 0.0212. The van der Waals surface area contributed by atoms with Gasteiger partial charge in [-0.05, 0) is 44.0 Å². The fourth-order valence-electron chi connectivity index (χ4n) is 3.12. The van der Waals surface area contributed by atoms with Crippen LogP contribution in [0.3, 0.4) is 0 Å². The number of carbonyl (C=O) groups is 1.